The standard InChI is InChI=1S/C11H16N2OS/c1-7-5-8(10(12)15)6-9(13-7)14-11(2,3)4/h5-6H,1-4H3,(H2,12,15). The second kappa shape index (κ2) is 4.14. The highest BCUT2D eigenvalue weighted by Crippen LogP contribution is 2.17. The maximum atomic E-state index is 5.65. The minimum Gasteiger partial charge on any atom is -0.472 e. The van der Waals surface area contributed by atoms with Crippen molar-refractivity contribution in [1.29, 1.82) is 0 Å². The summed E-state index contributed by atoms with van der Waals surface area (Å²) in [5.41, 5.74) is 6.93. The Hall–Kier alpha value is -1.16. The number of hydrogen-bond donors (Lipinski definition) is 1. The fourth-order valence-corrected chi connectivity index (χ4v) is 1.26. The zero-order chi connectivity index (χ0) is 11.6. The minimum absolute atomic E-state index is 0.270. The van der Waals surface area contributed by atoms with Crippen LogP contribution in [0.4, 0.5) is 0 Å². The van der Waals surface area contributed by atoms with E-state index in [1.165, 1.54) is 0 Å². The topological polar surface area (TPSA) is 48.1 Å². The largest absolute Gasteiger partial charge is 0.472 e. The van der Waals surface area contributed by atoms with E-state index in [0.717, 1.165) is 11.3 Å². The van der Waals surface area contributed by atoms with Gasteiger partial charge in [0.2, 0.25) is 5.88 Å². The third-order valence-electron chi connectivity index (χ3n) is 1.63. The Labute approximate surface area is 95.7 Å². The Morgan fingerprint density at radius 3 is 2.47 bits per heavy atom. The summed E-state index contributed by atoms with van der Waals surface area (Å²) in [5.74, 6) is 0.560. The van der Waals surface area contributed by atoms with Crippen molar-refractivity contribution in [1.82, 2.24) is 4.98 Å². The number of hydrogen-bond acceptors (Lipinski definition) is 3. The van der Waals surface area contributed by atoms with Gasteiger partial charge >= 0.3 is 0 Å². The molecule has 82 valence electrons. The number of aromatic nitrogens is 1. The predicted molar refractivity (Wildman–Crippen MR) is 65.2 cm³/mol. The lowest BCUT2D eigenvalue weighted by Crippen LogP contribution is -2.24. The molecule has 4 heteroatoms. The molecule has 1 aromatic heterocycles. The molecule has 0 amide bonds. The second-order valence-electron chi connectivity index (χ2n) is 4.41. The van der Waals surface area contributed by atoms with E-state index < -0.39 is 0 Å². The van der Waals surface area contributed by atoms with E-state index in [0.29, 0.717) is 10.9 Å². The maximum Gasteiger partial charge on any atom is 0.214 e. The third kappa shape index (κ3) is 3.83. The molecule has 1 aromatic rings. The van der Waals surface area contributed by atoms with Crippen LogP contribution in [-0.4, -0.2) is 15.6 Å². The van der Waals surface area contributed by atoms with Crippen molar-refractivity contribution in [3.63, 3.8) is 0 Å². The Kier molecular flexibility index (Phi) is 3.29. The molecule has 0 atom stereocenters. The number of nitrogens with two attached hydrogens (primary N) is 1. The molecule has 0 aliphatic rings. The number of aryl methyl sites for hydroxylation is 1. The van der Waals surface area contributed by atoms with Gasteiger partial charge < -0.3 is 10.5 Å². The second-order valence-corrected chi connectivity index (χ2v) is 4.85. The molecular formula is C11H16N2OS. The van der Waals surface area contributed by atoms with Gasteiger partial charge in [0.05, 0.1) is 0 Å². The third-order valence-corrected chi connectivity index (χ3v) is 1.86. The molecule has 3 nitrogen and oxygen atoms in total. The number of pyridine rings is 1. The monoisotopic (exact) mass is 224 g/mol. The first-order chi connectivity index (χ1) is 6.78. The summed E-state index contributed by atoms with van der Waals surface area (Å²) in [7, 11) is 0. The highest BCUT2D eigenvalue weighted by atomic mass is 32.1. The average molecular weight is 224 g/mol. The van der Waals surface area contributed by atoms with Gasteiger partial charge in [-0.2, -0.15) is 0 Å². The highest BCUT2D eigenvalue weighted by Gasteiger charge is 2.13. The van der Waals surface area contributed by atoms with Gasteiger partial charge in [-0.1, -0.05) is 12.2 Å². The van der Waals surface area contributed by atoms with Crippen LogP contribution in [0.3, 0.4) is 0 Å². The van der Waals surface area contributed by atoms with Gasteiger partial charge in [0.1, 0.15) is 10.6 Å². The Balaban J connectivity index is 3.04. The van der Waals surface area contributed by atoms with Gasteiger partial charge in [-0.3, -0.25) is 0 Å². The van der Waals surface area contributed by atoms with Crippen molar-refractivity contribution in [2.24, 2.45) is 5.73 Å². The molecule has 0 spiro atoms. The number of ether oxygens (including phenoxy) is 1. The summed E-state index contributed by atoms with van der Waals surface area (Å²) in [6.07, 6.45) is 0. The van der Waals surface area contributed by atoms with E-state index in [1.807, 2.05) is 33.8 Å². The summed E-state index contributed by atoms with van der Waals surface area (Å²) in [4.78, 5) is 4.62. The summed E-state index contributed by atoms with van der Waals surface area (Å²) < 4.78 is 5.65. The van der Waals surface area contributed by atoms with Crippen LogP contribution in [0.5, 0.6) is 5.88 Å². The quantitative estimate of drug-likeness (QED) is 0.782. The fourth-order valence-electron chi connectivity index (χ4n) is 1.15. The Morgan fingerprint density at radius 1 is 1.40 bits per heavy atom. The highest BCUT2D eigenvalue weighted by molar-refractivity contribution is 7.80. The van der Waals surface area contributed by atoms with E-state index >= 15 is 0 Å². The van der Waals surface area contributed by atoms with Crippen molar-refractivity contribution < 1.29 is 4.74 Å². The molecule has 0 saturated carbocycles. The SMILES string of the molecule is Cc1cc(C(N)=S)cc(OC(C)(C)C)n1. The van der Waals surface area contributed by atoms with Crippen LogP contribution in [0.25, 0.3) is 0 Å². The van der Waals surface area contributed by atoms with E-state index in [2.05, 4.69) is 4.98 Å². The normalized spacial score (nSPS) is 11.2. The maximum absolute atomic E-state index is 5.65. The molecule has 0 bridgehead atoms. The van der Waals surface area contributed by atoms with Crippen LogP contribution < -0.4 is 10.5 Å². The zero-order valence-corrected chi connectivity index (χ0v) is 10.3. The molecule has 0 aromatic carbocycles. The number of thiocarbonyl (C=S) groups is 1. The van der Waals surface area contributed by atoms with Gasteiger partial charge in [-0.15, -0.1) is 0 Å². The fraction of sp³-hybridized carbons (Fsp3) is 0.455. The summed E-state index contributed by atoms with van der Waals surface area (Å²) >= 11 is 4.92. The first-order valence-corrected chi connectivity index (χ1v) is 5.16. The molecule has 0 saturated heterocycles. The first-order valence-electron chi connectivity index (χ1n) is 4.75. The van der Waals surface area contributed by atoms with Gasteiger partial charge in [-0.25, -0.2) is 4.98 Å². The van der Waals surface area contributed by atoms with Crippen molar-refractivity contribution in [3.05, 3.63) is 23.4 Å². The van der Waals surface area contributed by atoms with Crippen molar-refractivity contribution in [2.45, 2.75) is 33.3 Å². The summed E-state index contributed by atoms with van der Waals surface area (Å²) in [6, 6.07) is 3.61. The van der Waals surface area contributed by atoms with Gasteiger partial charge in [0.25, 0.3) is 0 Å². The molecule has 15 heavy (non-hydrogen) atoms. The van der Waals surface area contributed by atoms with E-state index in [9.17, 15) is 0 Å². The minimum atomic E-state index is -0.270. The van der Waals surface area contributed by atoms with E-state index in [4.69, 9.17) is 22.7 Å². The van der Waals surface area contributed by atoms with E-state index in [1.54, 1.807) is 6.07 Å². The molecule has 1 heterocycles. The zero-order valence-electron chi connectivity index (χ0n) is 9.50. The molecule has 0 fully saturated rings. The molecule has 2 N–H and O–H groups in total. The lowest BCUT2D eigenvalue weighted by atomic mass is 10.2. The first kappa shape index (κ1) is 11.9. The lowest BCUT2D eigenvalue weighted by Gasteiger charge is -2.20. The van der Waals surface area contributed by atoms with Crippen LogP contribution in [-0.2, 0) is 0 Å². The van der Waals surface area contributed by atoms with Crippen LogP contribution in [0, 0.1) is 6.92 Å². The average Bonchev–Trinajstić information content (AvgIpc) is 1.99. The van der Waals surface area contributed by atoms with Gasteiger partial charge in [0, 0.05) is 17.3 Å². The van der Waals surface area contributed by atoms with Gasteiger partial charge in [0.15, 0.2) is 0 Å². The van der Waals surface area contributed by atoms with Gasteiger partial charge in [-0.05, 0) is 33.8 Å². The molecular weight excluding hydrogens is 208 g/mol. The predicted octanol–water partition coefficient (Wildman–Crippen LogP) is 2.20. The molecule has 0 radical (unpaired) electrons. The smallest absolute Gasteiger partial charge is 0.214 e. The van der Waals surface area contributed by atoms with Crippen LogP contribution >= 0.6 is 12.2 Å². The molecule has 0 unspecified atom stereocenters. The summed E-state index contributed by atoms with van der Waals surface area (Å²) in [6.45, 7) is 7.80. The van der Waals surface area contributed by atoms with Crippen LogP contribution in [0.15, 0.2) is 12.1 Å². The summed E-state index contributed by atoms with van der Waals surface area (Å²) in [5, 5.41) is 0. The number of nitrogens with zero attached hydrogens (tertiary/aromatic N) is 1. The Bertz CT molecular complexity index is 383. The Morgan fingerprint density at radius 2 is 2.00 bits per heavy atom. The number of rotatable bonds is 2. The molecule has 1 rings (SSSR count). The lowest BCUT2D eigenvalue weighted by molar-refractivity contribution is 0.124. The van der Waals surface area contributed by atoms with Crippen molar-refractivity contribution in [3.8, 4) is 5.88 Å². The van der Waals surface area contributed by atoms with Crippen molar-refractivity contribution >= 4 is 17.2 Å². The van der Waals surface area contributed by atoms with Crippen LogP contribution in [0.2, 0.25) is 0 Å². The van der Waals surface area contributed by atoms with Crippen molar-refractivity contribution in [2.75, 3.05) is 0 Å². The van der Waals surface area contributed by atoms with Crippen LogP contribution in [0.1, 0.15) is 32.0 Å². The molecule has 0 aliphatic carbocycles. The van der Waals surface area contributed by atoms with E-state index in [-0.39, 0.29) is 5.60 Å². The molecule has 0 aliphatic heterocycles.